The molecule has 0 saturated heterocycles. The molecule has 8 heteroatoms. The summed E-state index contributed by atoms with van der Waals surface area (Å²) >= 11 is 7.12. The Labute approximate surface area is 339 Å². The van der Waals surface area contributed by atoms with Crippen molar-refractivity contribution in [2.75, 3.05) is 23.8 Å². The average molecular weight is 859 g/mol. The lowest BCUT2D eigenvalue weighted by molar-refractivity contribution is 0.101. The van der Waals surface area contributed by atoms with Crippen molar-refractivity contribution in [1.82, 2.24) is 0 Å². The number of carbonyl (C=O) groups is 2. The lowest BCUT2D eigenvalue weighted by Gasteiger charge is -2.34. The summed E-state index contributed by atoms with van der Waals surface area (Å²) in [6.45, 7) is 9.56. The summed E-state index contributed by atoms with van der Waals surface area (Å²) in [7, 11) is 0. The van der Waals surface area contributed by atoms with Crippen LogP contribution >= 0.6 is 31.9 Å². The van der Waals surface area contributed by atoms with Crippen molar-refractivity contribution in [2.45, 2.75) is 33.1 Å². The van der Waals surface area contributed by atoms with E-state index < -0.39 is 5.41 Å². The van der Waals surface area contributed by atoms with Gasteiger partial charge >= 0.3 is 0 Å². The summed E-state index contributed by atoms with van der Waals surface area (Å²) in [5.41, 5.74) is 8.55. The van der Waals surface area contributed by atoms with Crippen LogP contribution in [0.4, 0.5) is 11.4 Å². The van der Waals surface area contributed by atoms with Gasteiger partial charge in [0.25, 0.3) is 11.8 Å². The van der Waals surface area contributed by atoms with Crippen molar-refractivity contribution in [3.63, 3.8) is 0 Å². The van der Waals surface area contributed by atoms with Gasteiger partial charge in [-0.15, -0.1) is 0 Å². The van der Waals surface area contributed by atoms with Crippen molar-refractivity contribution >= 4 is 55.0 Å². The fourth-order valence-electron chi connectivity index (χ4n) is 7.07. The van der Waals surface area contributed by atoms with E-state index in [0.717, 1.165) is 20.1 Å². The maximum atomic E-state index is 13.4. The fourth-order valence-corrected chi connectivity index (χ4v) is 8.06. The molecule has 0 unspecified atom stereocenters. The van der Waals surface area contributed by atoms with Crippen LogP contribution in [0.3, 0.4) is 0 Å². The zero-order chi connectivity index (χ0) is 38.7. The maximum Gasteiger partial charge on any atom is 0.255 e. The van der Waals surface area contributed by atoms with E-state index in [0.29, 0.717) is 59.1 Å². The molecule has 6 aromatic rings. The van der Waals surface area contributed by atoms with Crippen molar-refractivity contribution < 1.29 is 19.1 Å². The summed E-state index contributed by atoms with van der Waals surface area (Å²) in [5.74, 6) is 1.77. The highest BCUT2D eigenvalue weighted by Crippen LogP contribution is 2.56. The summed E-state index contributed by atoms with van der Waals surface area (Å²) in [4.78, 5) is 26.7. The molecule has 7 rings (SSSR count). The minimum atomic E-state index is -0.647. The third-order valence-corrected chi connectivity index (χ3v) is 10.9. The van der Waals surface area contributed by atoms with E-state index in [1.54, 1.807) is 24.3 Å². The van der Waals surface area contributed by atoms with Crippen LogP contribution in [0.1, 0.15) is 70.7 Å². The number of benzene rings is 6. The number of nitrogens with one attached hydrogen (secondary N) is 2. The number of hydrogen-bond acceptors (Lipinski definition) is 4. The second-order valence-electron chi connectivity index (χ2n) is 14.6. The Bertz CT molecular complexity index is 2190. The van der Waals surface area contributed by atoms with Crippen LogP contribution < -0.4 is 20.1 Å². The van der Waals surface area contributed by atoms with E-state index in [4.69, 9.17) is 9.47 Å². The smallest absolute Gasteiger partial charge is 0.255 e. The highest BCUT2D eigenvalue weighted by Gasteiger charge is 2.45. The first-order valence-corrected chi connectivity index (χ1v) is 20.0. The molecule has 2 N–H and O–H groups in total. The van der Waals surface area contributed by atoms with Crippen molar-refractivity contribution in [3.05, 3.63) is 176 Å². The number of hydrogen-bond donors (Lipinski definition) is 2. The van der Waals surface area contributed by atoms with Crippen molar-refractivity contribution in [1.29, 1.82) is 0 Å². The Morgan fingerprint density at radius 3 is 1.29 bits per heavy atom. The summed E-state index contributed by atoms with van der Waals surface area (Å²) < 4.78 is 13.2. The van der Waals surface area contributed by atoms with Crippen LogP contribution in [-0.4, -0.2) is 25.0 Å². The van der Waals surface area contributed by atoms with Gasteiger partial charge in [-0.25, -0.2) is 0 Å². The summed E-state index contributed by atoms with van der Waals surface area (Å²) in [6.07, 6.45) is 0. The number of rotatable bonds is 12. The number of carbonyl (C=O) groups excluding carboxylic acids is 2. The molecule has 1 aliphatic carbocycles. The largest absolute Gasteiger partial charge is 0.492 e. The van der Waals surface area contributed by atoms with Gasteiger partial charge in [-0.2, -0.15) is 0 Å². The van der Waals surface area contributed by atoms with Crippen LogP contribution in [0.25, 0.3) is 11.1 Å². The molecule has 6 nitrogen and oxygen atoms in total. The Morgan fingerprint density at radius 2 is 0.927 bits per heavy atom. The van der Waals surface area contributed by atoms with Gasteiger partial charge in [-0.05, 0) is 138 Å². The van der Waals surface area contributed by atoms with Gasteiger partial charge in [0, 0.05) is 22.5 Å². The Balaban J connectivity index is 1.18. The number of ether oxygens (including phenoxy) is 2. The second-order valence-corrected chi connectivity index (χ2v) is 16.3. The molecule has 278 valence electrons. The first kappa shape index (κ1) is 38.1. The molecule has 0 heterocycles. The third-order valence-electron chi connectivity index (χ3n) is 9.64. The molecule has 0 fully saturated rings. The lowest BCUT2D eigenvalue weighted by atomic mass is 9.67. The molecule has 1 aliphatic rings. The van der Waals surface area contributed by atoms with E-state index in [1.807, 2.05) is 36.4 Å². The predicted molar refractivity (Wildman–Crippen MR) is 229 cm³/mol. The van der Waals surface area contributed by atoms with E-state index in [2.05, 4.69) is 143 Å². The molecule has 0 bridgehead atoms. The van der Waals surface area contributed by atoms with Crippen LogP contribution in [0.2, 0.25) is 0 Å². The lowest BCUT2D eigenvalue weighted by Crippen LogP contribution is -2.28. The number of amides is 2. The van der Waals surface area contributed by atoms with Gasteiger partial charge in [0.05, 0.1) is 27.6 Å². The zero-order valence-electron chi connectivity index (χ0n) is 31.2. The maximum absolute atomic E-state index is 13.4. The molecule has 55 heavy (non-hydrogen) atoms. The van der Waals surface area contributed by atoms with E-state index in [9.17, 15) is 9.59 Å². The summed E-state index contributed by atoms with van der Waals surface area (Å²) in [5, 5.41) is 6.14. The first-order valence-electron chi connectivity index (χ1n) is 18.4. The van der Waals surface area contributed by atoms with Crippen LogP contribution in [-0.2, 0) is 5.41 Å². The molecule has 0 aromatic heterocycles. The highest BCUT2D eigenvalue weighted by atomic mass is 79.9. The molecule has 0 spiro atoms. The molecule has 0 radical (unpaired) electrons. The van der Waals surface area contributed by atoms with E-state index >= 15 is 0 Å². The van der Waals surface area contributed by atoms with Gasteiger partial charge in [-0.3, -0.25) is 9.59 Å². The Hall–Kier alpha value is -5.18. The summed E-state index contributed by atoms with van der Waals surface area (Å²) in [6, 6.07) is 44.0. The second kappa shape index (κ2) is 16.3. The molecule has 6 aromatic carbocycles. The van der Waals surface area contributed by atoms with E-state index in [1.165, 1.54) is 22.3 Å². The predicted octanol–water partition coefficient (Wildman–Crippen LogP) is 12.1. The zero-order valence-corrected chi connectivity index (χ0v) is 34.3. The van der Waals surface area contributed by atoms with Gasteiger partial charge in [0.2, 0.25) is 0 Å². The van der Waals surface area contributed by atoms with Crippen LogP contribution in [0.5, 0.6) is 11.5 Å². The van der Waals surface area contributed by atoms with Crippen LogP contribution in [0.15, 0.2) is 142 Å². The number of halogens is 2. The average Bonchev–Trinajstić information content (AvgIpc) is 3.48. The van der Waals surface area contributed by atoms with E-state index in [-0.39, 0.29) is 11.8 Å². The number of fused-ring (bicyclic) bond motifs is 3. The normalized spacial score (nSPS) is 12.6. The number of anilines is 2. The SMILES string of the molecule is CC(C)COc1ccc(C(=O)Nc2ccc(C3(c4ccc(NC(=O)c5ccc(OCC(C)C)c(Br)c5)cc4)c4ccccc4-c4ccccc43)cc2)cc1Br. The molecule has 2 amide bonds. The molecule has 0 atom stereocenters. The van der Waals surface area contributed by atoms with Crippen molar-refractivity contribution in [3.8, 4) is 22.6 Å². The van der Waals surface area contributed by atoms with Gasteiger partial charge < -0.3 is 20.1 Å². The monoisotopic (exact) mass is 856 g/mol. The fraction of sp³-hybridized carbons (Fsp3) is 0.191. The quantitative estimate of drug-likeness (QED) is 0.128. The Kier molecular flexibility index (Phi) is 11.3. The first-order chi connectivity index (χ1) is 26.5. The van der Waals surface area contributed by atoms with Crippen molar-refractivity contribution in [2.24, 2.45) is 11.8 Å². The van der Waals surface area contributed by atoms with Gasteiger partial charge in [-0.1, -0.05) is 100 Å². The molecule has 0 aliphatic heterocycles. The third kappa shape index (κ3) is 7.84. The van der Waals surface area contributed by atoms with Gasteiger partial charge in [0.1, 0.15) is 11.5 Å². The minimum absolute atomic E-state index is 0.212. The molecule has 0 saturated carbocycles. The Morgan fingerprint density at radius 1 is 0.545 bits per heavy atom. The van der Waals surface area contributed by atoms with Crippen LogP contribution in [0, 0.1) is 11.8 Å². The topological polar surface area (TPSA) is 76.7 Å². The van der Waals surface area contributed by atoms with Gasteiger partial charge in [0.15, 0.2) is 0 Å². The standard InChI is InChI=1S/C47H42Br2N2O4/c1-29(2)27-54-43-23-13-31(25-41(43)48)45(52)50-35-19-15-33(16-20-35)47(39-11-7-5-9-37(39)38-10-6-8-12-40(38)47)34-17-21-36(22-18-34)51-46(53)32-14-24-44(42(49)26-32)55-28-30(3)4/h5-26,29-30H,27-28H2,1-4H3,(H,50,52)(H,51,53). The molecular weight excluding hydrogens is 816 g/mol. The molecular formula is C47H42Br2N2O4. The minimum Gasteiger partial charge on any atom is -0.492 e. The highest BCUT2D eigenvalue weighted by molar-refractivity contribution is 9.11.